The molecule has 1 aliphatic carbocycles. The van der Waals surface area contributed by atoms with E-state index in [1.807, 2.05) is 0 Å². The van der Waals surface area contributed by atoms with Crippen LogP contribution in [0.2, 0.25) is 0 Å². The molecule has 0 aromatic carbocycles. The molecule has 5 nitrogen and oxygen atoms in total. The van der Waals surface area contributed by atoms with Gasteiger partial charge in [0.2, 0.25) is 0 Å². The summed E-state index contributed by atoms with van der Waals surface area (Å²) in [6.45, 7) is 0. The normalized spacial score (nSPS) is 20.8. The largest absolute Gasteiger partial charge is 0.289 e. The van der Waals surface area contributed by atoms with Crippen LogP contribution in [-0.4, -0.2) is 21.3 Å². The first-order valence-electron chi connectivity index (χ1n) is 4.29. The van der Waals surface area contributed by atoms with E-state index in [1.54, 1.807) is 11.7 Å². The Labute approximate surface area is 75.1 Å². The van der Waals surface area contributed by atoms with Crippen LogP contribution < -0.4 is 5.48 Å². The number of carbonyl (C=O) groups excluding carboxylic acids is 1. The topological polar surface area (TPSA) is 78.0 Å². The zero-order valence-corrected chi connectivity index (χ0v) is 7.08. The van der Waals surface area contributed by atoms with Crippen molar-refractivity contribution in [1.29, 1.82) is 0 Å². The van der Waals surface area contributed by atoms with Crippen LogP contribution in [0.25, 0.3) is 0 Å². The molecule has 1 atom stereocenters. The summed E-state index contributed by atoms with van der Waals surface area (Å²) in [7, 11) is 0. The average Bonchev–Trinajstić information content (AvgIpc) is 2.63. The van der Waals surface area contributed by atoms with Crippen molar-refractivity contribution in [2.45, 2.75) is 25.2 Å². The Bertz CT molecular complexity index is 321. The Morgan fingerprint density at radius 3 is 3.38 bits per heavy atom. The molecular formula is C8H11N3O2. The van der Waals surface area contributed by atoms with Crippen molar-refractivity contribution in [2.24, 2.45) is 0 Å². The SMILES string of the molecule is O=C(NO)C1CCCc2[nH]ncc21. The van der Waals surface area contributed by atoms with Crippen molar-refractivity contribution >= 4 is 5.91 Å². The van der Waals surface area contributed by atoms with Gasteiger partial charge in [-0.2, -0.15) is 5.10 Å². The van der Waals surface area contributed by atoms with Crippen molar-refractivity contribution in [3.63, 3.8) is 0 Å². The zero-order valence-electron chi connectivity index (χ0n) is 7.08. The van der Waals surface area contributed by atoms with Gasteiger partial charge in [0.1, 0.15) is 0 Å². The quantitative estimate of drug-likeness (QED) is 0.431. The van der Waals surface area contributed by atoms with Gasteiger partial charge in [-0.25, -0.2) is 5.48 Å². The van der Waals surface area contributed by atoms with Crippen molar-refractivity contribution in [1.82, 2.24) is 15.7 Å². The first-order valence-corrected chi connectivity index (χ1v) is 4.29. The maximum absolute atomic E-state index is 11.2. The van der Waals surface area contributed by atoms with Gasteiger partial charge in [-0.05, 0) is 19.3 Å². The van der Waals surface area contributed by atoms with Crippen LogP contribution in [0, 0.1) is 0 Å². The van der Waals surface area contributed by atoms with E-state index in [9.17, 15) is 4.79 Å². The van der Waals surface area contributed by atoms with Crippen LogP contribution in [-0.2, 0) is 11.2 Å². The maximum Gasteiger partial charge on any atom is 0.250 e. The van der Waals surface area contributed by atoms with Gasteiger partial charge in [-0.15, -0.1) is 0 Å². The van der Waals surface area contributed by atoms with Gasteiger partial charge in [0.05, 0.1) is 12.1 Å². The Hall–Kier alpha value is -1.36. The van der Waals surface area contributed by atoms with Gasteiger partial charge in [0.25, 0.3) is 5.91 Å². The van der Waals surface area contributed by atoms with Gasteiger partial charge in [0.15, 0.2) is 0 Å². The maximum atomic E-state index is 11.2. The van der Waals surface area contributed by atoms with E-state index in [1.165, 1.54) is 0 Å². The van der Waals surface area contributed by atoms with E-state index in [0.717, 1.165) is 30.5 Å². The molecule has 1 unspecified atom stereocenters. The molecule has 70 valence electrons. The van der Waals surface area contributed by atoms with Gasteiger partial charge in [0, 0.05) is 11.3 Å². The minimum Gasteiger partial charge on any atom is -0.289 e. The molecular weight excluding hydrogens is 170 g/mol. The predicted molar refractivity (Wildman–Crippen MR) is 44.2 cm³/mol. The summed E-state index contributed by atoms with van der Waals surface area (Å²) in [4.78, 5) is 11.2. The lowest BCUT2D eigenvalue weighted by Gasteiger charge is -2.19. The van der Waals surface area contributed by atoms with Crippen molar-refractivity contribution in [3.8, 4) is 0 Å². The summed E-state index contributed by atoms with van der Waals surface area (Å²) in [6, 6.07) is 0. The van der Waals surface area contributed by atoms with Crippen LogP contribution in [0.15, 0.2) is 6.20 Å². The lowest BCUT2D eigenvalue weighted by molar-refractivity contribution is -0.131. The Kier molecular flexibility index (Phi) is 2.02. The lowest BCUT2D eigenvalue weighted by atomic mass is 9.87. The van der Waals surface area contributed by atoms with E-state index in [-0.39, 0.29) is 11.8 Å². The Balaban J connectivity index is 2.30. The monoisotopic (exact) mass is 181 g/mol. The number of fused-ring (bicyclic) bond motifs is 1. The fraction of sp³-hybridized carbons (Fsp3) is 0.500. The first kappa shape index (κ1) is 8.25. The number of aromatic amines is 1. The first-order chi connectivity index (χ1) is 6.33. The predicted octanol–water partition coefficient (Wildman–Crippen LogP) is 0.335. The number of hydrogen-bond acceptors (Lipinski definition) is 3. The number of aryl methyl sites for hydroxylation is 1. The van der Waals surface area contributed by atoms with Crippen molar-refractivity contribution < 1.29 is 10.0 Å². The fourth-order valence-corrected chi connectivity index (χ4v) is 1.81. The average molecular weight is 181 g/mol. The Morgan fingerprint density at radius 2 is 2.62 bits per heavy atom. The van der Waals surface area contributed by atoms with Gasteiger partial charge < -0.3 is 0 Å². The van der Waals surface area contributed by atoms with Crippen molar-refractivity contribution in [2.75, 3.05) is 0 Å². The second-order valence-electron chi connectivity index (χ2n) is 3.22. The molecule has 0 bridgehead atoms. The van der Waals surface area contributed by atoms with E-state index in [4.69, 9.17) is 5.21 Å². The van der Waals surface area contributed by atoms with Crippen LogP contribution in [0.4, 0.5) is 0 Å². The van der Waals surface area contributed by atoms with Crippen LogP contribution in [0.5, 0.6) is 0 Å². The zero-order chi connectivity index (χ0) is 9.26. The molecule has 1 aromatic rings. The number of hydroxylamine groups is 1. The van der Waals surface area contributed by atoms with E-state index in [2.05, 4.69) is 10.2 Å². The molecule has 13 heavy (non-hydrogen) atoms. The number of rotatable bonds is 1. The Morgan fingerprint density at radius 1 is 1.77 bits per heavy atom. The third-order valence-electron chi connectivity index (χ3n) is 2.47. The smallest absolute Gasteiger partial charge is 0.250 e. The number of hydrogen-bond donors (Lipinski definition) is 3. The molecule has 1 aliphatic rings. The molecule has 2 rings (SSSR count). The van der Waals surface area contributed by atoms with Gasteiger partial charge >= 0.3 is 0 Å². The summed E-state index contributed by atoms with van der Waals surface area (Å²) in [6.07, 6.45) is 4.32. The molecule has 0 saturated heterocycles. The second-order valence-corrected chi connectivity index (χ2v) is 3.22. The van der Waals surface area contributed by atoms with Crippen LogP contribution >= 0.6 is 0 Å². The summed E-state index contributed by atoms with van der Waals surface area (Å²) >= 11 is 0. The number of H-pyrrole nitrogens is 1. The molecule has 1 amide bonds. The standard InChI is InChI=1S/C8H11N3O2/c12-8(11-13)5-2-1-3-7-6(5)4-9-10-7/h4-5,13H,1-3H2,(H,9,10)(H,11,12). The molecule has 0 fully saturated rings. The summed E-state index contributed by atoms with van der Waals surface area (Å²) < 4.78 is 0. The van der Waals surface area contributed by atoms with Crippen molar-refractivity contribution in [3.05, 3.63) is 17.5 Å². The molecule has 0 spiro atoms. The highest BCUT2D eigenvalue weighted by Gasteiger charge is 2.27. The number of nitrogens with one attached hydrogen (secondary N) is 2. The van der Waals surface area contributed by atoms with Crippen LogP contribution in [0.3, 0.4) is 0 Å². The van der Waals surface area contributed by atoms with Gasteiger partial charge in [-0.3, -0.25) is 15.1 Å². The molecule has 0 saturated carbocycles. The number of carbonyl (C=O) groups is 1. The molecule has 1 aromatic heterocycles. The van der Waals surface area contributed by atoms with Gasteiger partial charge in [-0.1, -0.05) is 0 Å². The van der Waals surface area contributed by atoms with E-state index >= 15 is 0 Å². The lowest BCUT2D eigenvalue weighted by Crippen LogP contribution is -2.28. The molecule has 0 aliphatic heterocycles. The van der Waals surface area contributed by atoms with Crippen LogP contribution in [0.1, 0.15) is 30.0 Å². The third-order valence-corrected chi connectivity index (χ3v) is 2.47. The second kappa shape index (κ2) is 3.18. The summed E-state index contributed by atoms with van der Waals surface area (Å²) in [5, 5.41) is 15.3. The third kappa shape index (κ3) is 1.31. The molecule has 0 radical (unpaired) electrons. The minimum atomic E-state index is -0.345. The highest BCUT2D eigenvalue weighted by molar-refractivity contribution is 5.83. The molecule has 3 N–H and O–H groups in total. The van der Waals surface area contributed by atoms with E-state index < -0.39 is 0 Å². The number of nitrogens with zero attached hydrogens (tertiary/aromatic N) is 1. The molecule has 1 heterocycles. The number of aromatic nitrogens is 2. The highest BCUT2D eigenvalue weighted by atomic mass is 16.5. The number of amides is 1. The molecule has 5 heteroatoms. The summed E-state index contributed by atoms with van der Waals surface area (Å²) in [5.41, 5.74) is 3.61. The summed E-state index contributed by atoms with van der Waals surface area (Å²) in [5.74, 6) is -0.588. The highest BCUT2D eigenvalue weighted by Crippen LogP contribution is 2.29. The fourth-order valence-electron chi connectivity index (χ4n) is 1.81. The minimum absolute atomic E-state index is 0.243. The van der Waals surface area contributed by atoms with E-state index in [0.29, 0.717) is 0 Å².